The Morgan fingerprint density at radius 2 is 2.05 bits per heavy atom. The molecule has 3 aliphatic heterocycles. The molecule has 2 aromatic heterocycles. The van der Waals surface area contributed by atoms with Crippen LogP contribution in [0.3, 0.4) is 0 Å². The Labute approximate surface area is 134 Å². The number of carbonyl (C=O) groups is 1. The van der Waals surface area contributed by atoms with Gasteiger partial charge in [0.25, 0.3) is 5.91 Å². The van der Waals surface area contributed by atoms with Crippen molar-refractivity contribution in [1.82, 2.24) is 14.8 Å². The van der Waals surface area contributed by atoms with Crippen molar-refractivity contribution in [2.75, 3.05) is 26.2 Å². The average Bonchev–Trinajstić information content (AvgIpc) is 2.88. The summed E-state index contributed by atoms with van der Waals surface area (Å²) in [6.45, 7) is 4.15. The summed E-state index contributed by atoms with van der Waals surface area (Å²) in [6, 6.07) is 8.29. The molecule has 0 radical (unpaired) electrons. The van der Waals surface area contributed by atoms with E-state index in [-0.39, 0.29) is 5.91 Å². The first kappa shape index (κ1) is 13.9. The number of rotatable bonds is 2. The number of carbonyl (C=O) groups excluding carboxylic acids is 1. The molecule has 3 saturated heterocycles. The van der Waals surface area contributed by atoms with Gasteiger partial charge in [0.15, 0.2) is 0 Å². The second-order valence-corrected chi connectivity index (χ2v) is 6.90. The van der Waals surface area contributed by atoms with E-state index in [0.717, 1.165) is 55.2 Å². The Hall–Kier alpha value is -1.72. The van der Waals surface area contributed by atoms with Crippen molar-refractivity contribution in [3.05, 3.63) is 41.4 Å². The highest BCUT2D eigenvalue weighted by atomic mass is 32.1. The number of pyridine rings is 1. The molecule has 0 N–H and O–H groups in total. The van der Waals surface area contributed by atoms with Gasteiger partial charge in [-0.1, -0.05) is 6.07 Å². The predicted molar refractivity (Wildman–Crippen MR) is 88.0 cm³/mol. The van der Waals surface area contributed by atoms with Gasteiger partial charge in [-0.15, -0.1) is 11.3 Å². The average molecular weight is 313 g/mol. The fourth-order valence-electron chi connectivity index (χ4n) is 3.41. The zero-order valence-corrected chi connectivity index (χ0v) is 13.3. The van der Waals surface area contributed by atoms with Gasteiger partial charge in [-0.05, 0) is 31.0 Å². The number of amides is 1. The van der Waals surface area contributed by atoms with Gasteiger partial charge in [-0.2, -0.15) is 0 Å². The topological polar surface area (TPSA) is 36.4 Å². The summed E-state index contributed by atoms with van der Waals surface area (Å²) >= 11 is 1.60. The van der Waals surface area contributed by atoms with Crippen LogP contribution in [0.2, 0.25) is 0 Å². The predicted octanol–water partition coefficient (Wildman–Crippen LogP) is 2.73. The molecule has 2 bridgehead atoms. The lowest BCUT2D eigenvalue weighted by molar-refractivity contribution is 0.0685. The largest absolute Gasteiger partial charge is 0.334 e. The lowest BCUT2D eigenvalue weighted by atomic mass is 10.0. The second kappa shape index (κ2) is 5.82. The number of fused-ring (bicyclic) bond motifs is 4. The van der Waals surface area contributed by atoms with Crippen LogP contribution < -0.4 is 0 Å². The molecular formula is C17H19N3OS. The molecule has 0 saturated carbocycles. The molecule has 0 atom stereocenters. The van der Waals surface area contributed by atoms with E-state index in [9.17, 15) is 4.79 Å². The monoisotopic (exact) mass is 313 g/mol. The quantitative estimate of drug-likeness (QED) is 0.855. The first-order valence-corrected chi connectivity index (χ1v) is 8.72. The Morgan fingerprint density at radius 3 is 2.82 bits per heavy atom. The highest BCUT2D eigenvalue weighted by molar-refractivity contribution is 7.13. The fourth-order valence-corrected chi connectivity index (χ4v) is 4.27. The lowest BCUT2D eigenvalue weighted by Crippen LogP contribution is -2.41. The van der Waals surface area contributed by atoms with Crippen LogP contribution in [-0.4, -0.2) is 52.9 Å². The van der Waals surface area contributed by atoms with E-state index in [1.54, 1.807) is 17.5 Å². The SMILES string of the molecule is O=C(c1csc(-c2ccccn2)c1)N1CCN2CCC1CC2. The van der Waals surface area contributed by atoms with E-state index in [0.29, 0.717) is 6.04 Å². The van der Waals surface area contributed by atoms with E-state index in [4.69, 9.17) is 0 Å². The molecule has 0 spiro atoms. The van der Waals surface area contributed by atoms with E-state index in [2.05, 4.69) is 14.8 Å². The van der Waals surface area contributed by atoms with Crippen LogP contribution in [0.5, 0.6) is 0 Å². The molecule has 114 valence electrons. The Bertz CT molecular complexity index is 662. The molecule has 3 fully saturated rings. The van der Waals surface area contributed by atoms with Gasteiger partial charge in [-0.3, -0.25) is 9.78 Å². The van der Waals surface area contributed by atoms with Gasteiger partial charge in [-0.25, -0.2) is 0 Å². The van der Waals surface area contributed by atoms with Crippen LogP contribution in [0.25, 0.3) is 10.6 Å². The molecule has 5 heteroatoms. The zero-order valence-electron chi connectivity index (χ0n) is 12.4. The van der Waals surface area contributed by atoms with Gasteiger partial charge < -0.3 is 9.80 Å². The van der Waals surface area contributed by atoms with Crippen LogP contribution in [0.15, 0.2) is 35.8 Å². The molecule has 5 heterocycles. The molecule has 0 aromatic carbocycles. The molecule has 22 heavy (non-hydrogen) atoms. The Morgan fingerprint density at radius 1 is 1.18 bits per heavy atom. The highest BCUT2D eigenvalue weighted by Gasteiger charge is 2.32. The minimum Gasteiger partial charge on any atom is -0.334 e. The molecule has 4 nitrogen and oxygen atoms in total. The third-order valence-corrected chi connectivity index (χ3v) is 5.63. The summed E-state index contributed by atoms with van der Waals surface area (Å²) in [5.41, 5.74) is 1.75. The maximum Gasteiger partial charge on any atom is 0.255 e. The van der Waals surface area contributed by atoms with Crippen molar-refractivity contribution < 1.29 is 4.79 Å². The first-order chi connectivity index (χ1) is 10.8. The summed E-state index contributed by atoms with van der Waals surface area (Å²) in [6.07, 6.45) is 4.02. The molecule has 0 aliphatic carbocycles. The summed E-state index contributed by atoms with van der Waals surface area (Å²) in [5.74, 6) is 0.187. The second-order valence-electron chi connectivity index (χ2n) is 5.99. The number of hydrogen-bond donors (Lipinski definition) is 0. The lowest BCUT2D eigenvalue weighted by Gasteiger charge is -2.31. The Kier molecular flexibility index (Phi) is 3.68. The van der Waals surface area contributed by atoms with Crippen molar-refractivity contribution in [1.29, 1.82) is 0 Å². The number of piperidine rings is 1. The Balaban J connectivity index is 1.57. The van der Waals surface area contributed by atoms with E-state index in [1.165, 1.54) is 0 Å². The number of thiophene rings is 1. The van der Waals surface area contributed by atoms with E-state index >= 15 is 0 Å². The van der Waals surface area contributed by atoms with Crippen LogP contribution in [0.4, 0.5) is 0 Å². The third kappa shape index (κ3) is 2.55. The summed E-state index contributed by atoms with van der Waals surface area (Å²) in [7, 11) is 0. The van der Waals surface area contributed by atoms with Crippen LogP contribution in [-0.2, 0) is 0 Å². The summed E-state index contributed by atoms with van der Waals surface area (Å²) in [4.78, 5) is 22.9. The minimum atomic E-state index is 0.187. The van der Waals surface area contributed by atoms with Gasteiger partial charge in [0, 0.05) is 43.8 Å². The van der Waals surface area contributed by atoms with Crippen molar-refractivity contribution in [2.24, 2.45) is 0 Å². The minimum absolute atomic E-state index is 0.187. The van der Waals surface area contributed by atoms with Crippen LogP contribution >= 0.6 is 11.3 Å². The number of hydrogen-bond acceptors (Lipinski definition) is 4. The summed E-state index contributed by atoms with van der Waals surface area (Å²) < 4.78 is 0. The third-order valence-electron chi connectivity index (χ3n) is 4.68. The molecule has 3 aliphatic rings. The molecule has 1 amide bonds. The van der Waals surface area contributed by atoms with Gasteiger partial charge >= 0.3 is 0 Å². The maximum absolute atomic E-state index is 12.9. The van der Waals surface area contributed by atoms with Crippen molar-refractivity contribution in [3.63, 3.8) is 0 Å². The summed E-state index contributed by atoms with van der Waals surface area (Å²) in [5, 5.41) is 1.98. The highest BCUT2D eigenvalue weighted by Crippen LogP contribution is 2.28. The fraction of sp³-hybridized carbons (Fsp3) is 0.412. The van der Waals surface area contributed by atoms with Gasteiger partial charge in [0.2, 0.25) is 0 Å². The van der Waals surface area contributed by atoms with Crippen LogP contribution in [0, 0.1) is 0 Å². The normalized spacial score (nSPS) is 24.3. The molecule has 5 rings (SSSR count). The van der Waals surface area contributed by atoms with E-state index < -0.39 is 0 Å². The smallest absolute Gasteiger partial charge is 0.255 e. The number of nitrogens with zero attached hydrogens (tertiary/aromatic N) is 3. The van der Waals surface area contributed by atoms with Crippen molar-refractivity contribution >= 4 is 17.2 Å². The zero-order chi connectivity index (χ0) is 14.9. The number of aromatic nitrogens is 1. The first-order valence-electron chi connectivity index (χ1n) is 7.84. The maximum atomic E-state index is 12.9. The molecular weight excluding hydrogens is 294 g/mol. The molecule has 2 aromatic rings. The van der Waals surface area contributed by atoms with Crippen LogP contribution in [0.1, 0.15) is 23.2 Å². The van der Waals surface area contributed by atoms with Crippen molar-refractivity contribution in [2.45, 2.75) is 18.9 Å². The van der Waals surface area contributed by atoms with Gasteiger partial charge in [0.05, 0.1) is 16.1 Å². The van der Waals surface area contributed by atoms with Crippen molar-refractivity contribution in [3.8, 4) is 10.6 Å². The van der Waals surface area contributed by atoms with E-state index in [1.807, 2.05) is 29.6 Å². The van der Waals surface area contributed by atoms with Gasteiger partial charge in [0.1, 0.15) is 0 Å². The standard InChI is InChI=1S/C17H19N3OS/c21-17(20-10-9-19-7-4-14(20)5-8-19)13-11-16(22-12-13)15-3-1-2-6-18-15/h1-3,6,11-12,14H,4-5,7-10H2. The molecule has 0 unspecified atom stereocenters.